The fraction of sp³-hybridized carbons (Fsp3) is 0.938. The molecule has 1 N–H and O–H groups in total. The second-order valence-corrected chi connectivity index (χ2v) is 6.84. The Labute approximate surface area is 118 Å². The molecule has 0 aromatic carbocycles. The van der Waals surface area contributed by atoms with Crippen molar-refractivity contribution in [3.8, 4) is 0 Å². The minimum Gasteiger partial charge on any atom is -0.381 e. The summed E-state index contributed by atoms with van der Waals surface area (Å²) in [6.45, 7) is 8.98. The molecule has 0 aromatic heterocycles. The maximum Gasteiger partial charge on any atom is 0.155 e. The highest BCUT2D eigenvalue weighted by Crippen LogP contribution is 2.30. The lowest BCUT2D eigenvalue weighted by molar-refractivity contribution is -0.129. The molecule has 1 aliphatic rings. The number of nitrogens with one attached hydrogen (secondary N) is 1. The van der Waals surface area contributed by atoms with Gasteiger partial charge in [0, 0.05) is 12.5 Å². The van der Waals surface area contributed by atoms with Crippen molar-refractivity contribution in [1.82, 2.24) is 5.32 Å². The maximum absolute atomic E-state index is 12.5. The molecule has 1 fully saturated rings. The largest absolute Gasteiger partial charge is 0.381 e. The van der Waals surface area contributed by atoms with Gasteiger partial charge in [0.15, 0.2) is 5.78 Å². The van der Waals surface area contributed by atoms with Gasteiger partial charge in [-0.3, -0.25) is 4.79 Å². The van der Waals surface area contributed by atoms with E-state index in [0.717, 1.165) is 25.8 Å². The van der Waals surface area contributed by atoms with E-state index >= 15 is 0 Å². The summed E-state index contributed by atoms with van der Waals surface area (Å²) >= 11 is 0. The van der Waals surface area contributed by atoms with E-state index in [0.29, 0.717) is 17.8 Å². The number of Topliss-reactive ketones (excluding diaryl/α,β-unsaturated/α-hetero) is 1. The van der Waals surface area contributed by atoms with E-state index in [1.54, 1.807) is 7.11 Å². The van der Waals surface area contributed by atoms with Gasteiger partial charge >= 0.3 is 0 Å². The van der Waals surface area contributed by atoms with Crippen molar-refractivity contribution in [3.63, 3.8) is 0 Å². The molecule has 1 atom stereocenters. The van der Waals surface area contributed by atoms with E-state index in [-0.39, 0.29) is 11.5 Å². The van der Waals surface area contributed by atoms with Crippen molar-refractivity contribution in [3.05, 3.63) is 0 Å². The minimum atomic E-state index is -0.253. The maximum atomic E-state index is 12.5. The van der Waals surface area contributed by atoms with E-state index in [2.05, 4.69) is 12.2 Å². The van der Waals surface area contributed by atoms with Gasteiger partial charge in [-0.25, -0.2) is 0 Å². The molecule has 0 heterocycles. The Morgan fingerprint density at radius 1 is 1.26 bits per heavy atom. The molecule has 0 amide bonds. The normalized spacial score (nSPS) is 26.2. The van der Waals surface area contributed by atoms with Gasteiger partial charge in [-0.15, -0.1) is 0 Å². The Hall–Kier alpha value is -0.410. The second kappa shape index (κ2) is 7.39. The Balaban J connectivity index is 2.52. The zero-order valence-corrected chi connectivity index (χ0v) is 13.3. The lowest BCUT2D eigenvalue weighted by Crippen LogP contribution is -2.44. The number of methoxy groups -OCH3 is 1. The first-order valence-electron chi connectivity index (χ1n) is 7.69. The van der Waals surface area contributed by atoms with Crippen LogP contribution in [-0.4, -0.2) is 31.6 Å². The summed E-state index contributed by atoms with van der Waals surface area (Å²) in [4.78, 5) is 12.5. The molecule has 0 aliphatic heterocycles. The Morgan fingerprint density at radius 3 is 2.26 bits per heavy atom. The van der Waals surface area contributed by atoms with E-state index < -0.39 is 0 Å². The van der Waals surface area contributed by atoms with Crippen LogP contribution in [0.2, 0.25) is 0 Å². The van der Waals surface area contributed by atoms with E-state index in [1.807, 2.05) is 20.8 Å². The summed E-state index contributed by atoms with van der Waals surface area (Å²) < 4.78 is 5.41. The lowest BCUT2D eigenvalue weighted by Gasteiger charge is -2.32. The third-order valence-corrected chi connectivity index (χ3v) is 4.20. The number of hydrogen-bond donors (Lipinski definition) is 1. The molecule has 0 radical (unpaired) electrons. The van der Waals surface area contributed by atoms with Crippen molar-refractivity contribution in [2.24, 2.45) is 11.3 Å². The van der Waals surface area contributed by atoms with Crippen LogP contribution in [0, 0.1) is 11.3 Å². The van der Waals surface area contributed by atoms with Crippen LogP contribution < -0.4 is 5.32 Å². The van der Waals surface area contributed by atoms with Crippen LogP contribution in [0.25, 0.3) is 0 Å². The standard InChI is InChI=1S/C16H31NO2/c1-6-17-14(15(18)16(2,3)4)11-12-7-9-13(19-5)10-8-12/h12-14,17H,6-11H2,1-5H3. The molecule has 112 valence electrons. The molecule has 3 nitrogen and oxygen atoms in total. The summed E-state index contributed by atoms with van der Waals surface area (Å²) in [5.74, 6) is 1.02. The Kier molecular flexibility index (Phi) is 6.48. The highest BCUT2D eigenvalue weighted by Gasteiger charge is 2.32. The number of ketones is 1. The highest BCUT2D eigenvalue weighted by molar-refractivity contribution is 5.88. The molecule has 0 saturated heterocycles. The van der Waals surface area contributed by atoms with Crippen molar-refractivity contribution >= 4 is 5.78 Å². The van der Waals surface area contributed by atoms with Gasteiger partial charge in [0.1, 0.15) is 0 Å². The SMILES string of the molecule is CCNC(CC1CCC(OC)CC1)C(=O)C(C)(C)C. The third-order valence-electron chi connectivity index (χ3n) is 4.20. The monoisotopic (exact) mass is 269 g/mol. The van der Waals surface area contributed by atoms with Gasteiger partial charge in [-0.1, -0.05) is 27.7 Å². The molecule has 1 rings (SSSR count). The zero-order chi connectivity index (χ0) is 14.5. The van der Waals surface area contributed by atoms with Crippen molar-refractivity contribution in [2.45, 2.75) is 71.9 Å². The second-order valence-electron chi connectivity index (χ2n) is 6.84. The van der Waals surface area contributed by atoms with Crippen LogP contribution in [0.1, 0.15) is 59.8 Å². The average Bonchev–Trinajstić information content (AvgIpc) is 2.37. The van der Waals surface area contributed by atoms with Gasteiger partial charge in [-0.2, -0.15) is 0 Å². The third kappa shape index (κ3) is 5.23. The molecule has 0 spiro atoms. The van der Waals surface area contributed by atoms with Crippen LogP contribution >= 0.6 is 0 Å². The van der Waals surface area contributed by atoms with Gasteiger partial charge in [0.2, 0.25) is 0 Å². The number of carbonyl (C=O) groups excluding carboxylic acids is 1. The first-order valence-corrected chi connectivity index (χ1v) is 7.69. The van der Waals surface area contributed by atoms with Crippen LogP contribution in [-0.2, 0) is 9.53 Å². The van der Waals surface area contributed by atoms with E-state index in [1.165, 1.54) is 12.8 Å². The van der Waals surface area contributed by atoms with Crippen LogP contribution in [0.4, 0.5) is 0 Å². The highest BCUT2D eigenvalue weighted by atomic mass is 16.5. The van der Waals surface area contributed by atoms with E-state index in [9.17, 15) is 4.79 Å². The molecule has 1 unspecified atom stereocenters. The zero-order valence-electron chi connectivity index (χ0n) is 13.3. The number of likely N-dealkylation sites (N-methyl/N-ethyl adjacent to an activating group) is 1. The van der Waals surface area contributed by atoms with E-state index in [4.69, 9.17) is 4.74 Å². The summed E-state index contributed by atoms with van der Waals surface area (Å²) in [6, 6.07) is 0.0223. The number of carbonyl (C=O) groups is 1. The summed E-state index contributed by atoms with van der Waals surface area (Å²) in [7, 11) is 1.80. The molecular formula is C16H31NO2. The van der Waals surface area contributed by atoms with Gasteiger partial charge in [0.05, 0.1) is 12.1 Å². The van der Waals surface area contributed by atoms with Crippen molar-refractivity contribution in [1.29, 1.82) is 0 Å². The predicted molar refractivity (Wildman–Crippen MR) is 79.3 cm³/mol. The Morgan fingerprint density at radius 2 is 1.84 bits per heavy atom. The fourth-order valence-corrected chi connectivity index (χ4v) is 2.99. The van der Waals surface area contributed by atoms with Crippen molar-refractivity contribution in [2.75, 3.05) is 13.7 Å². The average molecular weight is 269 g/mol. The van der Waals surface area contributed by atoms with Gasteiger partial charge in [-0.05, 0) is 44.6 Å². The van der Waals surface area contributed by atoms with Crippen LogP contribution in [0.15, 0.2) is 0 Å². The number of hydrogen-bond acceptors (Lipinski definition) is 3. The summed E-state index contributed by atoms with van der Waals surface area (Å²) in [5, 5.41) is 3.38. The van der Waals surface area contributed by atoms with Crippen molar-refractivity contribution < 1.29 is 9.53 Å². The summed E-state index contributed by atoms with van der Waals surface area (Å²) in [5.41, 5.74) is -0.253. The van der Waals surface area contributed by atoms with Gasteiger partial charge < -0.3 is 10.1 Å². The molecule has 0 aromatic rings. The molecule has 0 bridgehead atoms. The molecule has 1 aliphatic carbocycles. The first-order chi connectivity index (χ1) is 8.88. The number of rotatable bonds is 6. The molecule has 1 saturated carbocycles. The predicted octanol–water partition coefficient (Wildman–Crippen LogP) is 3.18. The Bertz CT molecular complexity index is 275. The summed E-state index contributed by atoms with van der Waals surface area (Å²) in [6.07, 6.45) is 6.09. The first kappa shape index (κ1) is 16.6. The topological polar surface area (TPSA) is 38.3 Å². The smallest absolute Gasteiger partial charge is 0.155 e. The molecular weight excluding hydrogens is 238 g/mol. The van der Waals surface area contributed by atoms with Gasteiger partial charge in [0.25, 0.3) is 0 Å². The van der Waals surface area contributed by atoms with Crippen LogP contribution in [0.5, 0.6) is 0 Å². The number of ether oxygens (including phenoxy) is 1. The van der Waals surface area contributed by atoms with Crippen LogP contribution in [0.3, 0.4) is 0 Å². The fourth-order valence-electron chi connectivity index (χ4n) is 2.99. The molecule has 19 heavy (non-hydrogen) atoms. The minimum absolute atomic E-state index is 0.0223. The lowest BCUT2D eigenvalue weighted by atomic mass is 9.78. The molecule has 3 heteroatoms. The quantitative estimate of drug-likeness (QED) is 0.805.